The van der Waals surface area contributed by atoms with Crippen LogP contribution in [0.2, 0.25) is 0 Å². The van der Waals surface area contributed by atoms with Crippen molar-refractivity contribution < 1.29 is 9.53 Å². The zero-order valence-corrected chi connectivity index (χ0v) is 12.7. The second-order valence-electron chi connectivity index (χ2n) is 5.26. The van der Waals surface area contributed by atoms with E-state index in [-0.39, 0.29) is 12.5 Å². The van der Waals surface area contributed by atoms with Crippen LogP contribution in [0.25, 0.3) is 0 Å². The molecular weight excluding hydrogens is 264 g/mol. The summed E-state index contributed by atoms with van der Waals surface area (Å²) < 4.78 is 5.28. The molecular formula is C17H22N2O2. The van der Waals surface area contributed by atoms with Gasteiger partial charge in [0.15, 0.2) is 0 Å². The zero-order valence-electron chi connectivity index (χ0n) is 12.7. The van der Waals surface area contributed by atoms with Crippen molar-refractivity contribution in [1.82, 2.24) is 4.90 Å². The van der Waals surface area contributed by atoms with Crippen molar-refractivity contribution in [2.75, 3.05) is 20.2 Å². The van der Waals surface area contributed by atoms with Crippen LogP contribution in [0.4, 0.5) is 0 Å². The van der Waals surface area contributed by atoms with Gasteiger partial charge in [0.2, 0.25) is 0 Å². The zero-order chi connectivity index (χ0) is 15.2. The minimum Gasteiger partial charge on any atom is -0.495 e. The predicted octanol–water partition coefficient (Wildman–Crippen LogP) is 2.02. The molecule has 1 saturated heterocycles. The molecule has 0 saturated carbocycles. The van der Waals surface area contributed by atoms with E-state index in [1.165, 1.54) is 6.42 Å². The van der Waals surface area contributed by atoms with Crippen molar-refractivity contribution in [2.45, 2.75) is 32.2 Å². The average Bonchev–Trinajstić information content (AvgIpc) is 2.52. The Morgan fingerprint density at radius 3 is 2.95 bits per heavy atom. The lowest BCUT2D eigenvalue weighted by atomic mass is 10.0. The Bertz CT molecular complexity index is 572. The molecule has 1 aliphatic rings. The molecule has 1 aromatic rings. The lowest BCUT2D eigenvalue weighted by molar-refractivity contribution is 0.0635. The van der Waals surface area contributed by atoms with Crippen molar-refractivity contribution >= 4 is 5.91 Å². The Hall–Kier alpha value is -1.99. The molecule has 1 unspecified atom stereocenters. The van der Waals surface area contributed by atoms with Crippen LogP contribution in [0.5, 0.6) is 5.75 Å². The Morgan fingerprint density at radius 2 is 2.29 bits per heavy atom. The molecule has 1 aliphatic heterocycles. The number of nitrogens with zero attached hydrogens (tertiary/aromatic N) is 1. The number of nitrogens with two attached hydrogens (primary N) is 1. The fraction of sp³-hybridized carbons (Fsp3) is 0.471. The number of hydrogen-bond acceptors (Lipinski definition) is 3. The van der Waals surface area contributed by atoms with Gasteiger partial charge in [-0.25, -0.2) is 0 Å². The monoisotopic (exact) mass is 286 g/mol. The quantitative estimate of drug-likeness (QED) is 0.846. The second-order valence-corrected chi connectivity index (χ2v) is 5.26. The van der Waals surface area contributed by atoms with E-state index >= 15 is 0 Å². The van der Waals surface area contributed by atoms with Gasteiger partial charge >= 0.3 is 0 Å². The molecule has 4 heteroatoms. The van der Waals surface area contributed by atoms with Crippen LogP contribution < -0.4 is 10.5 Å². The number of likely N-dealkylation sites (tertiary alicyclic amines) is 1. The number of ether oxygens (including phenoxy) is 1. The molecule has 1 fully saturated rings. The third-order valence-corrected chi connectivity index (χ3v) is 3.84. The summed E-state index contributed by atoms with van der Waals surface area (Å²) in [6, 6.07) is 5.69. The van der Waals surface area contributed by atoms with Crippen molar-refractivity contribution in [3.05, 3.63) is 29.3 Å². The van der Waals surface area contributed by atoms with E-state index in [0.29, 0.717) is 22.9 Å². The first-order valence-electron chi connectivity index (χ1n) is 7.35. The number of benzene rings is 1. The lowest BCUT2D eigenvalue weighted by Crippen LogP contribution is -2.42. The summed E-state index contributed by atoms with van der Waals surface area (Å²) in [5.74, 6) is 6.51. The maximum atomic E-state index is 12.6. The normalized spacial score (nSPS) is 17.9. The Balaban J connectivity index is 2.28. The highest BCUT2D eigenvalue weighted by molar-refractivity contribution is 5.95. The third-order valence-electron chi connectivity index (χ3n) is 3.84. The molecule has 1 atom stereocenters. The largest absolute Gasteiger partial charge is 0.495 e. The van der Waals surface area contributed by atoms with Gasteiger partial charge in [-0.2, -0.15) is 0 Å². The van der Waals surface area contributed by atoms with E-state index in [1.807, 2.05) is 4.90 Å². The van der Waals surface area contributed by atoms with Crippen LogP contribution in [0.3, 0.4) is 0 Å². The summed E-state index contributed by atoms with van der Waals surface area (Å²) in [5, 5.41) is 0. The third kappa shape index (κ3) is 3.56. The fourth-order valence-electron chi connectivity index (χ4n) is 2.65. The number of piperidine rings is 1. The maximum absolute atomic E-state index is 12.6. The molecule has 1 heterocycles. The highest BCUT2D eigenvalue weighted by Gasteiger charge is 2.24. The van der Waals surface area contributed by atoms with Crippen LogP contribution in [-0.4, -0.2) is 37.0 Å². The van der Waals surface area contributed by atoms with Crippen molar-refractivity contribution in [1.29, 1.82) is 0 Å². The van der Waals surface area contributed by atoms with Gasteiger partial charge in [0.1, 0.15) is 5.75 Å². The van der Waals surface area contributed by atoms with Crippen molar-refractivity contribution in [3.63, 3.8) is 0 Å². The predicted molar refractivity (Wildman–Crippen MR) is 83.3 cm³/mol. The summed E-state index contributed by atoms with van der Waals surface area (Å²) in [5.41, 5.74) is 6.78. The van der Waals surface area contributed by atoms with Crippen LogP contribution in [-0.2, 0) is 0 Å². The average molecular weight is 286 g/mol. The van der Waals surface area contributed by atoms with Gasteiger partial charge in [0.05, 0.1) is 19.2 Å². The van der Waals surface area contributed by atoms with Crippen molar-refractivity contribution in [3.8, 4) is 17.6 Å². The lowest BCUT2D eigenvalue weighted by Gasteiger charge is -2.33. The Labute approximate surface area is 126 Å². The summed E-state index contributed by atoms with van der Waals surface area (Å²) >= 11 is 0. The molecule has 0 spiro atoms. The highest BCUT2D eigenvalue weighted by atomic mass is 16.5. The molecule has 0 aliphatic carbocycles. The molecule has 0 radical (unpaired) electrons. The van der Waals surface area contributed by atoms with E-state index in [9.17, 15) is 4.79 Å². The number of carbonyl (C=O) groups excluding carboxylic acids is 1. The molecule has 2 N–H and O–H groups in total. The fourth-order valence-corrected chi connectivity index (χ4v) is 2.65. The summed E-state index contributed by atoms with van der Waals surface area (Å²) in [6.07, 6.45) is 3.34. The van der Waals surface area contributed by atoms with Gasteiger partial charge in [-0.15, -0.1) is 0 Å². The minimum atomic E-state index is 0.0700. The van der Waals surface area contributed by atoms with Crippen LogP contribution in [0.15, 0.2) is 18.2 Å². The first-order chi connectivity index (χ1) is 10.2. The molecule has 1 aromatic carbocycles. The Kier molecular flexibility index (Phi) is 5.24. The van der Waals surface area contributed by atoms with E-state index in [4.69, 9.17) is 10.5 Å². The topological polar surface area (TPSA) is 55.6 Å². The standard InChI is InChI=1S/C17H22N2O2/c1-13-6-3-4-11-19(13)17(20)15-8-9-16(21-2)14(12-15)7-5-10-18/h8-9,12-13H,3-4,6,10-11,18H2,1-2H3. The smallest absolute Gasteiger partial charge is 0.254 e. The number of carbonyl (C=O) groups is 1. The molecule has 2 rings (SSSR count). The second kappa shape index (κ2) is 7.14. The highest BCUT2D eigenvalue weighted by Crippen LogP contribution is 2.23. The molecule has 1 amide bonds. The SMILES string of the molecule is COc1ccc(C(=O)N2CCCCC2C)cc1C#CCN. The van der Waals surface area contributed by atoms with E-state index < -0.39 is 0 Å². The van der Waals surface area contributed by atoms with Crippen molar-refractivity contribution in [2.24, 2.45) is 5.73 Å². The maximum Gasteiger partial charge on any atom is 0.254 e. The molecule has 4 nitrogen and oxygen atoms in total. The van der Waals surface area contributed by atoms with Crippen LogP contribution in [0, 0.1) is 11.8 Å². The van der Waals surface area contributed by atoms with Gasteiger partial charge in [-0.05, 0) is 44.4 Å². The number of amides is 1. The number of hydrogen-bond donors (Lipinski definition) is 1. The van der Waals surface area contributed by atoms with Gasteiger partial charge in [-0.1, -0.05) is 11.8 Å². The molecule has 0 aromatic heterocycles. The first kappa shape index (κ1) is 15.4. The Morgan fingerprint density at radius 1 is 1.48 bits per heavy atom. The summed E-state index contributed by atoms with van der Waals surface area (Å²) in [4.78, 5) is 14.6. The van der Waals surface area contributed by atoms with Gasteiger partial charge in [-0.3, -0.25) is 4.79 Å². The van der Waals surface area contributed by atoms with Gasteiger partial charge in [0.25, 0.3) is 5.91 Å². The van der Waals surface area contributed by atoms with E-state index in [0.717, 1.165) is 19.4 Å². The number of rotatable bonds is 2. The minimum absolute atomic E-state index is 0.0700. The molecule has 21 heavy (non-hydrogen) atoms. The summed E-state index contributed by atoms with van der Waals surface area (Å²) in [6.45, 7) is 3.22. The first-order valence-corrected chi connectivity index (χ1v) is 7.35. The number of methoxy groups -OCH3 is 1. The molecule has 0 bridgehead atoms. The van der Waals surface area contributed by atoms with Gasteiger partial charge < -0.3 is 15.4 Å². The van der Waals surface area contributed by atoms with Gasteiger partial charge in [0, 0.05) is 18.2 Å². The molecule has 112 valence electrons. The summed E-state index contributed by atoms with van der Waals surface area (Å²) in [7, 11) is 1.59. The van der Waals surface area contributed by atoms with E-state index in [2.05, 4.69) is 18.8 Å². The van der Waals surface area contributed by atoms with E-state index in [1.54, 1.807) is 25.3 Å². The van der Waals surface area contributed by atoms with Crippen LogP contribution >= 0.6 is 0 Å². The van der Waals surface area contributed by atoms with Crippen LogP contribution in [0.1, 0.15) is 42.1 Å².